The molecule has 24 heavy (non-hydrogen) atoms. The fourth-order valence-corrected chi connectivity index (χ4v) is 5.35. The second-order valence-electron chi connectivity index (χ2n) is 5.10. The zero-order valence-corrected chi connectivity index (χ0v) is 16.1. The van der Waals surface area contributed by atoms with E-state index in [1.54, 1.807) is 6.07 Å². The van der Waals surface area contributed by atoms with Gasteiger partial charge in [0.1, 0.15) is 0 Å². The van der Waals surface area contributed by atoms with Gasteiger partial charge in [0, 0.05) is 15.7 Å². The van der Waals surface area contributed by atoms with Crippen molar-refractivity contribution in [2.45, 2.75) is 14.7 Å². The van der Waals surface area contributed by atoms with E-state index in [2.05, 4.69) is 65.1 Å². The van der Waals surface area contributed by atoms with Gasteiger partial charge in [0.2, 0.25) is 0 Å². The lowest BCUT2D eigenvalue weighted by Gasteiger charge is -2.09. The molecule has 3 aromatic carbocycles. The smallest absolute Gasteiger partial charge is 0.338 e. The summed E-state index contributed by atoms with van der Waals surface area (Å²) in [7, 11) is 1.14. The van der Waals surface area contributed by atoms with Gasteiger partial charge in [0.25, 0.3) is 0 Å². The highest BCUT2D eigenvalue weighted by Gasteiger charge is 2.29. The Bertz CT molecular complexity index is 849. The molecule has 0 bridgehead atoms. The summed E-state index contributed by atoms with van der Waals surface area (Å²) in [4.78, 5) is 15.5. The Morgan fingerprint density at radius 1 is 0.833 bits per heavy atom. The zero-order valence-electron chi connectivity index (χ0n) is 13.1. The van der Waals surface area contributed by atoms with Gasteiger partial charge in [-0.15, -0.1) is 0 Å². The summed E-state index contributed by atoms with van der Waals surface area (Å²) < 4.78 is 6.06. The number of methoxy groups -OCH3 is 1. The van der Waals surface area contributed by atoms with E-state index in [4.69, 9.17) is 4.74 Å². The molecule has 2 nitrogen and oxygen atoms in total. The van der Waals surface area contributed by atoms with E-state index in [0.717, 1.165) is 4.90 Å². The van der Waals surface area contributed by atoms with Crippen LogP contribution < -0.4 is 0 Å². The molecule has 0 saturated carbocycles. The van der Waals surface area contributed by atoms with Crippen molar-refractivity contribution < 1.29 is 9.53 Å². The van der Waals surface area contributed by atoms with Crippen molar-refractivity contribution in [1.82, 2.24) is 0 Å². The normalized spacial score (nSPS) is 11.8. The highest BCUT2D eigenvalue weighted by molar-refractivity contribution is 14.1. The van der Waals surface area contributed by atoms with Crippen molar-refractivity contribution in [2.75, 3.05) is 7.11 Å². The van der Waals surface area contributed by atoms with Crippen LogP contribution in [0.2, 0.25) is 0 Å². The van der Waals surface area contributed by atoms with Crippen LogP contribution in [0.25, 0.3) is 0 Å². The highest BCUT2D eigenvalue weighted by Crippen LogP contribution is 2.32. The van der Waals surface area contributed by atoms with Crippen LogP contribution in [-0.4, -0.2) is 13.1 Å². The van der Waals surface area contributed by atoms with Gasteiger partial charge in [-0.2, -0.15) is 0 Å². The Balaban J connectivity index is 2.14. The van der Waals surface area contributed by atoms with Crippen molar-refractivity contribution in [3.63, 3.8) is 0 Å². The maximum absolute atomic E-state index is 11.9. The SMILES string of the molecule is COC(=O)c1cccc([S+](c2ccccc2)c2cccc(I)c2)c1. The van der Waals surface area contributed by atoms with Gasteiger partial charge < -0.3 is 4.74 Å². The largest absolute Gasteiger partial charge is 0.465 e. The second-order valence-corrected chi connectivity index (χ2v) is 8.37. The molecule has 0 amide bonds. The Labute approximate surface area is 158 Å². The number of esters is 1. The fraction of sp³-hybridized carbons (Fsp3) is 0.0500. The van der Waals surface area contributed by atoms with E-state index in [-0.39, 0.29) is 16.9 Å². The lowest BCUT2D eigenvalue weighted by molar-refractivity contribution is 0.0600. The summed E-state index contributed by atoms with van der Waals surface area (Å²) in [6.07, 6.45) is 0. The second kappa shape index (κ2) is 7.85. The van der Waals surface area contributed by atoms with Crippen LogP contribution in [0.1, 0.15) is 10.4 Å². The number of hydrogen-bond acceptors (Lipinski definition) is 2. The summed E-state index contributed by atoms with van der Waals surface area (Å²) in [5, 5.41) is 0. The van der Waals surface area contributed by atoms with Crippen molar-refractivity contribution in [3.05, 3.63) is 88.0 Å². The van der Waals surface area contributed by atoms with E-state index in [9.17, 15) is 4.79 Å². The molecular formula is C20H16IO2S+. The maximum Gasteiger partial charge on any atom is 0.338 e. The first kappa shape index (κ1) is 17.0. The van der Waals surface area contributed by atoms with Gasteiger partial charge >= 0.3 is 5.97 Å². The van der Waals surface area contributed by atoms with E-state index in [0.29, 0.717) is 5.56 Å². The average molecular weight is 447 g/mol. The van der Waals surface area contributed by atoms with Crippen molar-refractivity contribution in [1.29, 1.82) is 0 Å². The monoisotopic (exact) mass is 447 g/mol. The van der Waals surface area contributed by atoms with Crippen LogP contribution in [0.5, 0.6) is 0 Å². The topological polar surface area (TPSA) is 26.3 Å². The van der Waals surface area contributed by atoms with E-state index >= 15 is 0 Å². The minimum Gasteiger partial charge on any atom is -0.465 e. The summed E-state index contributed by atoms with van der Waals surface area (Å²) in [5.74, 6) is -0.309. The Morgan fingerprint density at radius 2 is 1.46 bits per heavy atom. The van der Waals surface area contributed by atoms with E-state index in [1.807, 2.05) is 30.3 Å². The van der Waals surface area contributed by atoms with Crippen molar-refractivity contribution >= 4 is 39.5 Å². The van der Waals surface area contributed by atoms with E-state index < -0.39 is 0 Å². The molecule has 0 saturated heterocycles. The maximum atomic E-state index is 11.9. The first-order valence-corrected chi connectivity index (χ1v) is 9.72. The van der Waals surface area contributed by atoms with Gasteiger partial charge in [0.15, 0.2) is 14.7 Å². The van der Waals surface area contributed by atoms with Gasteiger partial charge in [-0.1, -0.05) is 30.3 Å². The molecule has 120 valence electrons. The van der Waals surface area contributed by atoms with Crippen LogP contribution in [0.15, 0.2) is 93.5 Å². The first-order valence-electron chi connectivity index (χ1n) is 7.42. The van der Waals surface area contributed by atoms with E-state index in [1.165, 1.54) is 20.5 Å². The molecule has 0 aliphatic heterocycles. The molecule has 0 N–H and O–H groups in total. The molecule has 1 atom stereocenters. The number of benzene rings is 3. The van der Waals surface area contributed by atoms with Crippen LogP contribution in [0.4, 0.5) is 0 Å². The molecule has 3 aromatic rings. The lowest BCUT2D eigenvalue weighted by atomic mass is 10.2. The fourth-order valence-electron chi connectivity index (χ4n) is 2.43. The quantitative estimate of drug-likeness (QED) is 0.313. The summed E-state index contributed by atoms with van der Waals surface area (Å²) in [6, 6.07) is 26.6. The Morgan fingerprint density at radius 3 is 2.12 bits per heavy atom. The summed E-state index contributed by atoms with van der Waals surface area (Å²) >= 11 is 2.33. The number of ether oxygens (including phenoxy) is 1. The summed E-state index contributed by atoms with van der Waals surface area (Å²) in [6.45, 7) is 0. The molecule has 0 aliphatic rings. The van der Waals surface area contributed by atoms with Crippen LogP contribution >= 0.6 is 22.6 Å². The number of carbonyl (C=O) groups is 1. The molecule has 0 heterocycles. The van der Waals surface area contributed by atoms with Crippen molar-refractivity contribution in [2.24, 2.45) is 0 Å². The number of carbonyl (C=O) groups excluding carboxylic acids is 1. The average Bonchev–Trinajstić information content (AvgIpc) is 2.62. The third-order valence-corrected chi connectivity index (χ3v) is 6.37. The zero-order chi connectivity index (χ0) is 16.9. The summed E-state index contributed by atoms with van der Waals surface area (Å²) in [5.41, 5.74) is 0.578. The van der Waals surface area contributed by atoms with Gasteiger partial charge in [-0.05, 0) is 59.0 Å². The molecule has 1 unspecified atom stereocenters. The predicted octanol–water partition coefficient (Wildman–Crippen LogP) is 5.17. The molecule has 0 fully saturated rings. The van der Waals surface area contributed by atoms with Crippen molar-refractivity contribution in [3.8, 4) is 0 Å². The number of rotatable bonds is 4. The minimum absolute atomic E-state index is 0.266. The minimum atomic E-state index is -0.309. The first-order chi connectivity index (χ1) is 11.7. The molecule has 0 spiro atoms. The standard InChI is InChI=1S/C20H16IO2S/c1-23-20(22)15-7-5-11-18(13-15)24(17-9-3-2-4-10-17)19-12-6-8-16(21)14-19/h2-14H,1H3/q+1. The Hall–Kier alpha value is -1.79. The van der Waals surface area contributed by atoms with Gasteiger partial charge in [0.05, 0.1) is 23.6 Å². The Kier molecular flexibility index (Phi) is 5.58. The highest BCUT2D eigenvalue weighted by atomic mass is 127. The lowest BCUT2D eigenvalue weighted by Crippen LogP contribution is -2.07. The molecule has 0 radical (unpaired) electrons. The number of halogens is 1. The molecule has 3 rings (SSSR count). The van der Waals surface area contributed by atoms with Gasteiger partial charge in [-0.3, -0.25) is 0 Å². The van der Waals surface area contributed by atoms with Crippen LogP contribution in [0.3, 0.4) is 0 Å². The molecular weight excluding hydrogens is 431 g/mol. The molecule has 0 aromatic heterocycles. The number of hydrogen-bond donors (Lipinski definition) is 0. The third-order valence-electron chi connectivity index (χ3n) is 3.50. The van der Waals surface area contributed by atoms with Gasteiger partial charge in [-0.25, -0.2) is 4.79 Å². The molecule has 0 aliphatic carbocycles. The predicted molar refractivity (Wildman–Crippen MR) is 106 cm³/mol. The van der Waals surface area contributed by atoms with Crippen LogP contribution in [-0.2, 0) is 15.6 Å². The molecule has 4 heteroatoms. The third kappa shape index (κ3) is 3.82. The van der Waals surface area contributed by atoms with Crippen LogP contribution in [0, 0.1) is 3.57 Å².